The van der Waals surface area contributed by atoms with Gasteiger partial charge in [0.05, 0.1) is 49.4 Å². The second-order valence-electron chi connectivity index (χ2n) is 5.55. The van der Waals surface area contributed by atoms with E-state index in [1.165, 1.54) is 0 Å². The number of nitrogens with zero attached hydrogens (tertiary/aromatic N) is 1. The van der Waals surface area contributed by atoms with Crippen LogP contribution in [0.1, 0.15) is 12.2 Å². The Balaban J connectivity index is 1.58. The standard InChI is InChI=1S/C16H21N3O4/c20-6-8-23-14-5-7-22-10-13(14)19-16(21)9-15-17-11-3-1-2-4-12(11)18-15/h1-4,13-14,20H,5-10H2,(H,17,18)(H,19,21)/t13-,14+/m1/s1. The monoisotopic (exact) mass is 319 g/mol. The lowest BCUT2D eigenvalue weighted by Crippen LogP contribution is -2.51. The normalized spacial score (nSPS) is 21.4. The quantitative estimate of drug-likeness (QED) is 0.716. The molecule has 7 nitrogen and oxygen atoms in total. The van der Waals surface area contributed by atoms with Crippen LogP contribution in [0.3, 0.4) is 0 Å². The lowest BCUT2D eigenvalue weighted by Gasteiger charge is -2.31. The second-order valence-corrected chi connectivity index (χ2v) is 5.55. The van der Waals surface area contributed by atoms with Crippen LogP contribution in [0, 0.1) is 0 Å². The van der Waals surface area contributed by atoms with Gasteiger partial charge in [0.2, 0.25) is 5.91 Å². The number of aliphatic hydroxyl groups excluding tert-OH is 1. The number of H-pyrrole nitrogens is 1. The number of para-hydroxylation sites is 2. The molecule has 7 heteroatoms. The van der Waals surface area contributed by atoms with Gasteiger partial charge >= 0.3 is 0 Å². The molecule has 3 N–H and O–H groups in total. The third kappa shape index (κ3) is 4.07. The molecule has 1 amide bonds. The highest BCUT2D eigenvalue weighted by atomic mass is 16.5. The van der Waals surface area contributed by atoms with Crippen molar-refractivity contribution in [1.82, 2.24) is 15.3 Å². The molecule has 124 valence electrons. The van der Waals surface area contributed by atoms with E-state index in [1.54, 1.807) is 0 Å². The van der Waals surface area contributed by atoms with Crippen molar-refractivity contribution in [3.05, 3.63) is 30.1 Å². The van der Waals surface area contributed by atoms with Crippen LogP contribution in [0.2, 0.25) is 0 Å². The molecule has 0 unspecified atom stereocenters. The Morgan fingerprint density at radius 2 is 2.35 bits per heavy atom. The van der Waals surface area contributed by atoms with Crippen LogP contribution in [-0.2, 0) is 20.7 Å². The second kappa shape index (κ2) is 7.54. The summed E-state index contributed by atoms with van der Waals surface area (Å²) in [5, 5.41) is 11.8. The van der Waals surface area contributed by atoms with Gasteiger partial charge in [0.1, 0.15) is 5.82 Å². The van der Waals surface area contributed by atoms with Crippen molar-refractivity contribution in [1.29, 1.82) is 0 Å². The Kier molecular flexibility index (Phi) is 5.22. The number of nitrogens with one attached hydrogen (secondary N) is 2. The third-order valence-corrected chi connectivity index (χ3v) is 3.83. The number of ether oxygens (including phenoxy) is 2. The maximum absolute atomic E-state index is 12.2. The van der Waals surface area contributed by atoms with E-state index in [-0.39, 0.29) is 37.7 Å². The third-order valence-electron chi connectivity index (χ3n) is 3.83. The Morgan fingerprint density at radius 1 is 1.48 bits per heavy atom. The molecule has 0 bridgehead atoms. The van der Waals surface area contributed by atoms with E-state index in [2.05, 4.69) is 15.3 Å². The molecule has 0 radical (unpaired) electrons. The van der Waals surface area contributed by atoms with Gasteiger partial charge in [-0.15, -0.1) is 0 Å². The molecule has 0 spiro atoms. The van der Waals surface area contributed by atoms with Gasteiger partial charge in [0.15, 0.2) is 0 Å². The van der Waals surface area contributed by atoms with Crippen molar-refractivity contribution in [3.63, 3.8) is 0 Å². The average molecular weight is 319 g/mol. The van der Waals surface area contributed by atoms with E-state index in [4.69, 9.17) is 14.6 Å². The molecule has 0 saturated carbocycles. The first-order valence-electron chi connectivity index (χ1n) is 7.79. The van der Waals surface area contributed by atoms with Crippen molar-refractivity contribution in [3.8, 4) is 0 Å². The Labute approximate surface area is 134 Å². The maximum Gasteiger partial charge on any atom is 0.227 e. The van der Waals surface area contributed by atoms with E-state index < -0.39 is 0 Å². The number of imidazole rings is 1. The average Bonchev–Trinajstić information content (AvgIpc) is 2.96. The van der Waals surface area contributed by atoms with Crippen LogP contribution < -0.4 is 5.32 Å². The molecular weight excluding hydrogens is 298 g/mol. The molecule has 2 atom stereocenters. The smallest absolute Gasteiger partial charge is 0.227 e. The molecule has 1 aromatic carbocycles. The van der Waals surface area contributed by atoms with Gasteiger partial charge < -0.3 is 24.9 Å². The van der Waals surface area contributed by atoms with Crippen molar-refractivity contribution < 1.29 is 19.4 Å². The largest absolute Gasteiger partial charge is 0.394 e. The SMILES string of the molecule is O=C(Cc1nc2ccccc2[nH]1)N[C@@H]1COCC[C@@H]1OCCO. The Bertz CT molecular complexity index is 625. The molecule has 1 aliphatic rings. The first-order valence-corrected chi connectivity index (χ1v) is 7.79. The molecule has 2 aromatic rings. The summed E-state index contributed by atoms with van der Waals surface area (Å²) in [6, 6.07) is 7.47. The van der Waals surface area contributed by atoms with Gasteiger partial charge in [0, 0.05) is 6.61 Å². The number of benzene rings is 1. The highest BCUT2D eigenvalue weighted by molar-refractivity contribution is 5.80. The van der Waals surface area contributed by atoms with Gasteiger partial charge in [-0.25, -0.2) is 4.98 Å². The van der Waals surface area contributed by atoms with E-state index in [0.717, 1.165) is 11.0 Å². The van der Waals surface area contributed by atoms with Crippen molar-refractivity contribution in [2.45, 2.75) is 25.0 Å². The summed E-state index contributed by atoms with van der Waals surface area (Å²) in [6.45, 7) is 1.26. The molecule has 1 aromatic heterocycles. The molecule has 1 fully saturated rings. The summed E-state index contributed by atoms with van der Waals surface area (Å²) in [5.74, 6) is 0.505. The zero-order chi connectivity index (χ0) is 16.1. The van der Waals surface area contributed by atoms with Gasteiger partial charge in [-0.05, 0) is 18.6 Å². The Hall–Kier alpha value is -1.96. The van der Waals surface area contributed by atoms with Crippen molar-refractivity contribution in [2.24, 2.45) is 0 Å². The number of carbonyl (C=O) groups excluding carboxylic acids is 1. The van der Waals surface area contributed by atoms with Crippen LogP contribution in [0.5, 0.6) is 0 Å². The van der Waals surface area contributed by atoms with Crippen LogP contribution in [0.15, 0.2) is 24.3 Å². The van der Waals surface area contributed by atoms with E-state index in [1.807, 2.05) is 24.3 Å². The fourth-order valence-corrected chi connectivity index (χ4v) is 2.76. The maximum atomic E-state index is 12.2. The Morgan fingerprint density at radius 3 is 3.17 bits per heavy atom. The minimum atomic E-state index is -0.202. The van der Waals surface area contributed by atoms with E-state index in [9.17, 15) is 4.79 Å². The fraction of sp³-hybridized carbons (Fsp3) is 0.500. The van der Waals surface area contributed by atoms with Gasteiger partial charge in [-0.1, -0.05) is 12.1 Å². The first-order chi connectivity index (χ1) is 11.3. The van der Waals surface area contributed by atoms with E-state index >= 15 is 0 Å². The molecule has 1 saturated heterocycles. The van der Waals surface area contributed by atoms with Gasteiger partial charge in [0.25, 0.3) is 0 Å². The molecule has 1 aliphatic heterocycles. The minimum absolute atomic E-state index is 0.0307. The molecular formula is C16H21N3O4. The van der Waals surface area contributed by atoms with Crippen LogP contribution in [-0.4, -0.2) is 59.6 Å². The zero-order valence-corrected chi connectivity index (χ0v) is 12.8. The van der Waals surface area contributed by atoms with Crippen LogP contribution in [0.4, 0.5) is 0 Å². The molecule has 23 heavy (non-hydrogen) atoms. The van der Waals surface area contributed by atoms with Crippen LogP contribution >= 0.6 is 0 Å². The highest BCUT2D eigenvalue weighted by Gasteiger charge is 2.28. The molecule has 0 aliphatic carbocycles. The number of hydrogen-bond acceptors (Lipinski definition) is 5. The van der Waals surface area contributed by atoms with Gasteiger partial charge in [-0.2, -0.15) is 0 Å². The van der Waals surface area contributed by atoms with Crippen molar-refractivity contribution >= 4 is 16.9 Å². The number of aromatic amines is 1. The minimum Gasteiger partial charge on any atom is -0.394 e. The molecule has 2 heterocycles. The zero-order valence-electron chi connectivity index (χ0n) is 12.8. The topological polar surface area (TPSA) is 96.5 Å². The molecule has 3 rings (SSSR count). The lowest BCUT2D eigenvalue weighted by atomic mass is 10.1. The summed E-state index contributed by atoms with van der Waals surface area (Å²) in [7, 11) is 0. The fourth-order valence-electron chi connectivity index (χ4n) is 2.76. The number of aromatic nitrogens is 2. The summed E-state index contributed by atoms with van der Waals surface area (Å²) in [5.41, 5.74) is 1.76. The summed E-state index contributed by atoms with van der Waals surface area (Å²) < 4.78 is 11.0. The summed E-state index contributed by atoms with van der Waals surface area (Å²) >= 11 is 0. The predicted octanol–water partition coefficient (Wildman–Crippen LogP) is 0.388. The van der Waals surface area contributed by atoms with Crippen molar-refractivity contribution in [2.75, 3.05) is 26.4 Å². The number of fused-ring (bicyclic) bond motifs is 1. The number of carbonyl (C=O) groups is 1. The number of amides is 1. The highest BCUT2D eigenvalue weighted by Crippen LogP contribution is 2.13. The number of rotatable bonds is 6. The predicted molar refractivity (Wildman–Crippen MR) is 84.0 cm³/mol. The lowest BCUT2D eigenvalue weighted by molar-refractivity contribution is -0.125. The van der Waals surface area contributed by atoms with E-state index in [0.29, 0.717) is 25.5 Å². The number of aliphatic hydroxyl groups is 1. The van der Waals surface area contributed by atoms with Crippen LogP contribution in [0.25, 0.3) is 11.0 Å². The number of hydrogen-bond donors (Lipinski definition) is 3. The van der Waals surface area contributed by atoms with Gasteiger partial charge in [-0.3, -0.25) is 4.79 Å². The first kappa shape index (κ1) is 15.9. The summed E-state index contributed by atoms with van der Waals surface area (Å²) in [4.78, 5) is 19.8. The summed E-state index contributed by atoms with van der Waals surface area (Å²) in [6.07, 6.45) is 0.753.